The van der Waals surface area contributed by atoms with Gasteiger partial charge in [0.05, 0.1) is 7.11 Å². The van der Waals surface area contributed by atoms with Gasteiger partial charge in [-0.05, 0) is 31.2 Å². The van der Waals surface area contributed by atoms with E-state index in [-0.39, 0.29) is 12.1 Å². The van der Waals surface area contributed by atoms with Gasteiger partial charge in [0.2, 0.25) is 0 Å². The number of fused-ring (bicyclic) bond motifs is 1. The Labute approximate surface area is 133 Å². The molecule has 0 saturated carbocycles. The highest BCUT2D eigenvalue weighted by atomic mass is 79.9. The van der Waals surface area contributed by atoms with Crippen LogP contribution in [-0.2, 0) is 0 Å². The molecule has 21 heavy (non-hydrogen) atoms. The lowest BCUT2D eigenvalue weighted by atomic mass is 9.92. The van der Waals surface area contributed by atoms with E-state index in [1.54, 1.807) is 7.11 Å². The predicted octanol–water partition coefficient (Wildman–Crippen LogP) is 4.29. The Hall–Kier alpha value is -1.52. The summed E-state index contributed by atoms with van der Waals surface area (Å²) in [7, 11) is 1.67. The Bertz CT molecular complexity index is 672. The Morgan fingerprint density at radius 1 is 1.19 bits per heavy atom. The second kappa shape index (κ2) is 5.70. The van der Waals surface area contributed by atoms with Crippen LogP contribution in [0.4, 0.5) is 0 Å². The number of aryl methyl sites for hydroxylation is 1. The van der Waals surface area contributed by atoms with E-state index in [1.165, 1.54) is 5.56 Å². The third-order valence-corrected chi connectivity index (χ3v) is 4.57. The molecule has 3 rings (SSSR count). The smallest absolute Gasteiger partial charge is 0.127 e. The fourth-order valence-corrected chi connectivity index (χ4v) is 3.21. The normalized spacial score (nSPS) is 20.6. The molecule has 0 fully saturated rings. The molecule has 2 aromatic carbocycles. The van der Waals surface area contributed by atoms with Gasteiger partial charge in [-0.3, -0.25) is 0 Å². The van der Waals surface area contributed by atoms with Crippen molar-refractivity contribution in [2.45, 2.75) is 25.5 Å². The van der Waals surface area contributed by atoms with Crippen molar-refractivity contribution in [2.75, 3.05) is 7.11 Å². The highest BCUT2D eigenvalue weighted by Crippen LogP contribution is 2.42. The lowest BCUT2D eigenvalue weighted by Crippen LogP contribution is -2.24. The van der Waals surface area contributed by atoms with Crippen molar-refractivity contribution in [1.29, 1.82) is 0 Å². The summed E-state index contributed by atoms with van der Waals surface area (Å²) in [5.74, 6) is 1.69. The van der Waals surface area contributed by atoms with E-state index < -0.39 is 0 Å². The van der Waals surface area contributed by atoms with Gasteiger partial charge in [-0.1, -0.05) is 33.6 Å². The monoisotopic (exact) mass is 347 g/mol. The molecule has 0 spiro atoms. The second-order valence-corrected chi connectivity index (χ2v) is 6.23. The first kappa shape index (κ1) is 14.4. The van der Waals surface area contributed by atoms with Crippen molar-refractivity contribution < 1.29 is 9.47 Å². The minimum atomic E-state index is -0.0697. The fourth-order valence-electron chi connectivity index (χ4n) is 2.71. The maximum atomic E-state index is 6.34. The highest BCUT2D eigenvalue weighted by molar-refractivity contribution is 9.10. The van der Waals surface area contributed by atoms with Crippen LogP contribution < -0.4 is 15.2 Å². The summed E-state index contributed by atoms with van der Waals surface area (Å²) < 4.78 is 12.5. The highest BCUT2D eigenvalue weighted by Gasteiger charge is 2.28. The van der Waals surface area contributed by atoms with Crippen molar-refractivity contribution in [3.8, 4) is 11.5 Å². The number of benzene rings is 2. The summed E-state index contributed by atoms with van der Waals surface area (Å²) in [5.41, 5.74) is 9.69. The number of halogens is 1. The number of rotatable bonds is 2. The molecule has 0 aliphatic carbocycles. The summed E-state index contributed by atoms with van der Waals surface area (Å²) in [4.78, 5) is 0. The van der Waals surface area contributed by atoms with Crippen LogP contribution in [0.1, 0.15) is 35.3 Å². The molecule has 1 aliphatic rings. The van der Waals surface area contributed by atoms with E-state index in [2.05, 4.69) is 35.0 Å². The summed E-state index contributed by atoms with van der Waals surface area (Å²) in [5, 5.41) is 0. The second-order valence-electron chi connectivity index (χ2n) is 5.38. The Balaban J connectivity index is 1.97. The van der Waals surface area contributed by atoms with Crippen LogP contribution in [0.2, 0.25) is 0 Å². The molecule has 0 bridgehead atoms. The van der Waals surface area contributed by atoms with Gasteiger partial charge in [0.1, 0.15) is 17.6 Å². The van der Waals surface area contributed by atoms with Crippen molar-refractivity contribution >= 4 is 15.9 Å². The average molecular weight is 348 g/mol. The van der Waals surface area contributed by atoms with Crippen LogP contribution in [0.3, 0.4) is 0 Å². The van der Waals surface area contributed by atoms with Crippen molar-refractivity contribution in [1.82, 2.24) is 0 Å². The van der Waals surface area contributed by atoms with E-state index in [4.69, 9.17) is 15.2 Å². The first-order chi connectivity index (χ1) is 10.1. The van der Waals surface area contributed by atoms with Crippen molar-refractivity contribution in [3.05, 3.63) is 57.6 Å². The Morgan fingerprint density at radius 3 is 2.76 bits per heavy atom. The number of nitrogens with two attached hydrogens (primary N) is 1. The Kier molecular flexibility index (Phi) is 3.91. The number of hydrogen-bond donors (Lipinski definition) is 1. The molecule has 1 heterocycles. The molecule has 0 radical (unpaired) electrons. The summed E-state index contributed by atoms with van der Waals surface area (Å²) >= 11 is 3.59. The summed E-state index contributed by atoms with van der Waals surface area (Å²) in [6.07, 6.45) is 0.682. The first-order valence-corrected chi connectivity index (χ1v) is 7.74. The molecular weight excluding hydrogens is 330 g/mol. The van der Waals surface area contributed by atoms with E-state index in [0.29, 0.717) is 0 Å². The molecule has 2 aromatic rings. The zero-order valence-electron chi connectivity index (χ0n) is 12.1. The predicted molar refractivity (Wildman–Crippen MR) is 86.8 cm³/mol. The van der Waals surface area contributed by atoms with Gasteiger partial charge >= 0.3 is 0 Å². The third-order valence-electron chi connectivity index (χ3n) is 3.85. The molecular formula is C17H18BrNO2. The molecule has 0 amide bonds. The lowest BCUT2D eigenvalue weighted by Gasteiger charge is -2.31. The third kappa shape index (κ3) is 2.78. The minimum Gasteiger partial charge on any atom is -0.497 e. The quantitative estimate of drug-likeness (QED) is 0.881. The SMILES string of the molecule is COc1ccc(Br)c(C2C[C@H](N)c3cc(C)ccc3O2)c1. The fraction of sp³-hybridized carbons (Fsp3) is 0.294. The van der Waals surface area contributed by atoms with E-state index in [0.717, 1.165) is 33.5 Å². The van der Waals surface area contributed by atoms with E-state index >= 15 is 0 Å². The van der Waals surface area contributed by atoms with Gasteiger partial charge in [-0.25, -0.2) is 0 Å². The van der Waals surface area contributed by atoms with Crippen LogP contribution >= 0.6 is 15.9 Å². The van der Waals surface area contributed by atoms with Crippen LogP contribution in [-0.4, -0.2) is 7.11 Å². The zero-order chi connectivity index (χ0) is 15.0. The average Bonchev–Trinajstić information content (AvgIpc) is 2.48. The molecule has 1 aliphatic heterocycles. The molecule has 4 heteroatoms. The van der Waals surface area contributed by atoms with E-state index in [1.807, 2.05) is 24.3 Å². The van der Waals surface area contributed by atoms with Gasteiger partial charge in [0.15, 0.2) is 0 Å². The zero-order valence-corrected chi connectivity index (χ0v) is 13.7. The standard InChI is InChI=1S/C17H18BrNO2/c1-10-3-6-16-13(7-10)15(19)9-17(21-16)12-8-11(20-2)4-5-14(12)18/h3-8,15,17H,9,19H2,1-2H3/t15-,17?/m0/s1. The first-order valence-electron chi connectivity index (χ1n) is 6.94. The van der Waals surface area contributed by atoms with Gasteiger partial charge in [0.25, 0.3) is 0 Å². The van der Waals surface area contributed by atoms with Crippen LogP contribution in [0, 0.1) is 6.92 Å². The summed E-state index contributed by atoms with van der Waals surface area (Å²) in [6, 6.07) is 12.1. The van der Waals surface area contributed by atoms with Crippen LogP contribution in [0.25, 0.3) is 0 Å². The van der Waals surface area contributed by atoms with Gasteiger partial charge in [-0.2, -0.15) is 0 Å². The Morgan fingerprint density at radius 2 is 2.00 bits per heavy atom. The topological polar surface area (TPSA) is 44.5 Å². The number of hydrogen-bond acceptors (Lipinski definition) is 3. The van der Waals surface area contributed by atoms with Crippen molar-refractivity contribution in [2.24, 2.45) is 5.73 Å². The molecule has 0 aromatic heterocycles. The maximum absolute atomic E-state index is 6.34. The summed E-state index contributed by atoms with van der Waals surface area (Å²) in [6.45, 7) is 2.07. The largest absolute Gasteiger partial charge is 0.497 e. The van der Waals surface area contributed by atoms with Crippen molar-refractivity contribution in [3.63, 3.8) is 0 Å². The molecule has 110 valence electrons. The molecule has 1 unspecified atom stereocenters. The van der Waals surface area contributed by atoms with E-state index in [9.17, 15) is 0 Å². The molecule has 2 atom stereocenters. The van der Waals surface area contributed by atoms with Gasteiger partial charge in [-0.15, -0.1) is 0 Å². The van der Waals surface area contributed by atoms with Crippen LogP contribution in [0.15, 0.2) is 40.9 Å². The lowest BCUT2D eigenvalue weighted by molar-refractivity contribution is 0.160. The molecule has 3 nitrogen and oxygen atoms in total. The van der Waals surface area contributed by atoms with Gasteiger partial charge in [0, 0.05) is 28.1 Å². The number of methoxy groups -OCH3 is 1. The maximum Gasteiger partial charge on any atom is 0.127 e. The minimum absolute atomic E-state index is 0.0169. The van der Waals surface area contributed by atoms with Crippen LogP contribution in [0.5, 0.6) is 11.5 Å². The van der Waals surface area contributed by atoms with Gasteiger partial charge < -0.3 is 15.2 Å². The number of ether oxygens (including phenoxy) is 2. The molecule has 0 saturated heterocycles. The molecule has 2 N–H and O–H groups in total.